The molecule has 21 heavy (non-hydrogen) atoms. The maximum Gasteiger partial charge on any atom is 0.0979 e. The van der Waals surface area contributed by atoms with E-state index in [1.807, 2.05) is 6.07 Å². The fraction of sp³-hybridized carbons (Fsp3) is 0.118. The minimum atomic E-state index is 0.865. The van der Waals surface area contributed by atoms with Crippen molar-refractivity contribution in [3.05, 3.63) is 72.9 Å². The quantitative estimate of drug-likeness (QED) is 0.487. The molecule has 4 heteroatoms. The summed E-state index contributed by atoms with van der Waals surface area (Å²) in [6.45, 7) is 2.14. The zero-order valence-corrected chi connectivity index (χ0v) is 15.4. The van der Waals surface area contributed by atoms with E-state index in [0.29, 0.717) is 0 Å². The number of hydrogen-bond donors (Lipinski definition) is 0. The van der Waals surface area contributed by atoms with Crippen LogP contribution in [0.1, 0.15) is 15.4 Å². The number of halogens is 2. The first kappa shape index (κ1) is 14.9. The molecule has 3 rings (SSSR count). The maximum atomic E-state index is 4.83. The number of hydrogen-bond acceptors (Lipinski definition) is 2. The Morgan fingerprint density at radius 3 is 2.43 bits per heavy atom. The van der Waals surface area contributed by atoms with Gasteiger partial charge in [0, 0.05) is 25.8 Å². The summed E-state index contributed by atoms with van der Waals surface area (Å²) < 4.78 is 2.23. The van der Waals surface area contributed by atoms with Gasteiger partial charge in [0.25, 0.3) is 0 Å². The summed E-state index contributed by atoms with van der Waals surface area (Å²) in [7, 11) is 0. The number of aromatic nitrogens is 1. The van der Waals surface area contributed by atoms with Crippen molar-refractivity contribution in [3.63, 3.8) is 0 Å². The molecule has 0 radical (unpaired) electrons. The molecule has 0 saturated carbocycles. The summed E-state index contributed by atoms with van der Waals surface area (Å²) in [5.41, 5.74) is 3.54. The second-order valence-electron chi connectivity index (χ2n) is 4.79. The number of aryl methyl sites for hydroxylation is 1. The third-order valence-corrected chi connectivity index (χ3v) is 5.53. The second-order valence-corrected chi connectivity index (χ2v) is 7.85. The first-order chi connectivity index (χ1) is 10.1. The van der Waals surface area contributed by atoms with Gasteiger partial charge in [-0.3, -0.25) is 0 Å². The van der Waals surface area contributed by atoms with E-state index in [1.54, 1.807) is 11.3 Å². The van der Waals surface area contributed by atoms with Gasteiger partial charge in [-0.1, -0.05) is 62.2 Å². The number of thiazole rings is 1. The molecule has 3 aromatic rings. The van der Waals surface area contributed by atoms with E-state index in [2.05, 4.69) is 81.2 Å². The van der Waals surface area contributed by atoms with Gasteiger partial charge in [0.05, 0.1) is 10.7 Å². The van der Waals surface area contributed by atoms with E-state index in [9.17, 15) is 0 Å². The minimum absolute atomic E-state index is 0.865. The van der Waals surface area contributed by atoms with Crippen molar-refractivity contribution >= 4 is 43.2 Å². The van der Waals surface area contributed by atoms with Gasteiger partial charge in [-0.2, -0.15) is 0 Å². The summed E-state index contributed by atoms with van der Waals surface area (Å²) in [4.78, 5) is 6.09. The van der Waals surface area contributed by atoms with E-state index >= 15 is 0 Å². The van der Waals surface area contributed by atoms with Crippen LogP contribution >= 0.6 is 43.2 Å². The van der Waals surface area contributed by atoms with Crippen LogP contribution in [-0.2, 0) is 6.42 Å². The summed E-state index contributed by atoms with van der Waals surface area (Å²) in [6.07, 6.45) is 0.865. The van der Waals surface area contributed by atoms with Crippen molar-refractivity contribution in [2.45, 2.75) is 13.3 Å². The molecule has 0 fully saturated rings. The first-order valence-electron chi connectivity index (χ1n) is 6.59. The predicted octanol–water partition coefficient (Wildman–Crippen LogP) is 6.23. The van der Waals surface area contributed by atoms with Gasteiger partial charge in [-0.25, -0.2) is 4.98 Å². The molecular formula is C17H13Br2NS. The molecule has 0 spiro atoms. The van der Waals surface area contributed by atoms with Crippen molar-refractivity contribution in [1.82, 2.24) is 4.98 Å². The molecule has 0 aliphatic heterocycles. The molecule has 0 unspecified atom stereocenters. The van der Waals surface area contributed by atoms with Crippen molar-refractivity contribution in [1.29, 1.82) is 0 Å². The summed E-state index contributed by atoms with van der Waals surface area (Å²) in [5.74, 6) is 0. The Balaban J connectivity index is 1.91. The molecule has 0 bridgehead atoms. The third-order valence-electron chi connectivity index (χ3n) is 3.26. The lowest BCUT2D eigenvalue weighted by Crippen LogP contribution is -1.89. The Kier molecular flexibility index (Phi) is 4.57. The van der Waals surface area contributed by atoms with Gasteiger partial charge in [0.2, 0.25) is 0 Å². The van der Waals surface area contributed by atoms with Crippen LogP contribution < -0.4 is 0 Å². The molecule has 1 heterocycles. The monoisotopic (exact) mass is 421 g/mol. The van der Waals surface area contributed by atoms with Crippen LogP contribution in [0.5, 0.6) is 0 Å². The van der Waals surface area contributed by atoms with Crippen LogP contribution in [-0.4, -0.2) is 4.98 Å². The van der Waals surface area contributed by atoms with Gasteiger partial charge in [-0.05, 0) is 30.7 Å². The van der Waals surface area contributed by atoms with E-state index < -0.39 is 0 Å². The summed E-state index contributed by atoms with van der Waals surface area (Å²) in [5, 5.41) is 1.15. The van der Waals surface area contributed by atoms with Crippen LogP contribution in [0.25, 0.3) is 11.3 Å². The fourth-order valence-electron chi connectivity index (χ4n) is 2.21. The maximum absolute atomic E-state index is 4.83. The van der Waals surface area contributed by atoms with Crippen molar-refractivity contribution in [3.8, 4) is 11.3 Å². The molecule has 0 saturated heterocycles. The highest BCUT2D eigenvalue weighted by atomic mass is 79.9. The molecular weight excluding hydrogens is 410 g/mol. The number of rotatable bonds is 3. The van der Waals surface area contributed by atoms with Crippen LogP contribution in [0.3, 0.4) is 0 Å². The molecule has 1 aromatic heterocycles. The first-order valence-corrected chi connectivity index (χ1v) is 8.99. The standard InChI is InChI=1S/C17H13Br2NS/c1-11-17(12-6-8-14(18)9-7-12)20-16(21-11)10-13-4-2-3-5-15(13)19/h2-9H,10H2,1H3. The normalized spacial score (nSPS) is 10.8. The van der Waals surface area contributed by atoms with Crippen LogP contribution in [0.2, 0.25) is 0 Å². The predicted molar refractivity (Wildman–Crippen MR) is 96.9 cm³/mol. The Hall–Kier alpha value is -0.970. The number of nitrogens with zero attached hydrogens (tertiary/aromatic N) is 1. The second kappa shape index (κ2) is 6.42. The average molecular weight is 423 g/mol. The lowest BCUT2D eigenvalue weighted by atomic mass is 10.1. The molecule has 0 aliphatic carbocycles. The molecule has 106 valence electrons. The average Bonchev–Trinajstić information content (AvgIpc) is 2.83. The highest BCUT2D eigenvalue weighted by Gasteiger charge is 2.11. The SMILES string of the molecule is Cc1sc(Cc2ccccc2Br)nc1-c1ccc(Br)cc1. The van der Waals surface area contributed by atoms with E-state index in [0.717, 1.165) is 26.1 Å². The zero-order chi connectivity index (χ0) is 14.8. The smallest absolute Gasteiger partial charge is 0.0979 e. The van der Waals surface area contributed by atoms with Gasteiger partial charge >= 0.3 is 0 Å². The van der Waals surface area contributed by atoms with Crippen LogP contribution in [0.15, 0.2) is 57.5 Å². The van der Waals surface area contributed by atoms with Gasteiger partial charge < -0.3 is 0 Å². The topological polar surface area (TPSA) is 12.9 Å². The van der Waals surface area contributed by atoms with E-state index in [1.165, 1.54) is 16.0 Å². The van der Waals surface area contributed by atoms with Crippen LogP contribution in [0.4, 0.5) is 0 Å². The van der Waals surface area contributed by atoms with Crippen molar-refractivity contribution < 1.29 is 0 Å². The highest BCUT2D eigenvalue weighted by molar-refractivity contribution is 9.10. The lowest BCUT2D eigenvalue weighted by Gasteiger charge is -2.01. The van der Waals surface area contributed by atoms with Crippen molar-refractivity contribution in [2.24, 2.45) is 0 Å². The largest absolute Gasteiger partial charge is 0.241 e. The third kappa shape index (κ3) is 3.44. The van der Waals surface area contributed by atoms with Crippen molar-refractivity contribution in [2.75, 3.05) is 0 Å². The zero-order valence-electron chi connectivity index (χ0n) is 11.4. The minimum Gasteiger partial charge on any atom is -0.241 e. The fourth-order valence-corrected chi connectivity index (χ4v) is 3.87. The Morgan fingerprint density at radius 2 is 1.71 bits per heavy atom. The summed E-state index contributed by atoms with van der Waals surface area (Å²) >= 11 is 8.85. The molecule has 0 amide bonds. The van der Waals surface area contributed by atoms with Gasteiger partial charge in [0.1, 0.15) is 0 Å². The van der Waals surface area contributed by atoms with Gasteiger partial charge in [0.15, 0.2) is 0 Å². The Morgan fingerprint density at radius 1 is 1.00 bits per heavy atom. The number of benzene rings is 2. The van der Waals surface area contributed by atoms with E-state index in [4.69, 9.17) is 4.98 Å². The highest BCUT2D eigenvalue weighted by Crippen LogP contribution is 2.30. The Labute approximate surface area is 145 Å². The summed E-state index contributed by atoms with van der Waals surface area (Å²) in [6, 6.07) is 16.6. The van der Waals surface area contributed by atoms with E-state index in [-0.39, 0.29) is 0 Å². The molecule has 1 nitrogen and oxygen atoms in total. The molecule has 0 N–H and O–H groups in total. The Bertz CT molecular complexity index is 763. The van der Waals surface area contributed by atoms with Crippen LogP contribution in [0, 0.1) is 6.92 Å². The lowest BCUT2D eigenvalue weighted by molar-refractivity contribution is 1.13. The van der Waals surface area contributed by atoms with Gasteiger partial charge in [-0.15, -0.1) is 11.3 Å². The molecule has 2 aromatic carbocycles. The molecule has 0 aliphatic rings. The molecule has 0 atom stereocenters.